The molecule has 3 aromatic heterocycles. The molecular weight excluding hydrogens is 351 g/mol. The summed E-state index contributed by atoms with van der Waals surface area (Å²) in [4.78, 5) is 16.0. The maximum absolute atomic E-state index is 13.1. The third kappa shape index (κ3) is 4.50. The van der Waals surface area contributed by atoms with Crippen LogP contribution in [0.2, 0.25) is 0 Å². The van der Waals surface area contributed by atoms with E-state index < -0.39 is 11.9 Å². The minimum atomic E-state index is -4.55. The minimum Gasteiger partial charge on any atom is -0.370 e. The van der Waals surface area contributed by atoms with E-state index in [9.17, 15) is 13.2 Å². The van der Waals surface area contributed by atoms with Crippen molar-refractivity contribution in [1.29, 1.82) is 0 Å². The minimum absolute atomic E-state index is 0.00391. The molecule has 3 rings (SSSR count). The van der Waals surface area contributed by atoms with Crippen molar-refractivity contribution in [3.8, 4) is 11.4 Å². The Balaban J connectivity index is 1.82. The summed E-state index contributed by atoms with van der Waals surface area (Å²) < 4.78 is 39.3. The number of aromatic nitrogens is 4. The zero-order chi connectivity index (χ0) is 17.9. The summed E-state index contributed by atoms with van der Waals surface area (Å²) in [6, 6.07) is 4.05. The molecule has 0 aliphatic rings. The number of thiazole rings is 1. The van der Waals surface area contributed by atoms with Crippen molar-refractivity contribution < 1.29 is 13.2 Å². The number of rotatable bonds is 5. The van der Waals surface area contributed by atoms with Crippen LogP contribution in [-0.4, -0.2) is 26.5 Å². The summed E-state index contributed by atoms with van der Waals surface area (Å²) in [5.41, 5.74) is 0.384. The SMILES string of the molecule is Cc1nc(CCNc2cc(C(F)(F)F)nc(-c3ccncc3)n2)cs1. The normalized spacial score (nSPS) is 11.5. The fraction of sp³-hybridized carbons (Fsp3) is 0.250. The van der Waals surface area contributed by atoms with Crippen LogP contribution >= 0.6 is 11.3 Å². The van der Waals surface area contributed by atoms with Gasteiger partial charge < -0.3 is 5.32 Å². The Morgan fingerprint density at radius 2 is 1.88 bits per heavy atom. The van der Waals surface area contributed by atoms with Crippen LogP contribution in [-0.2, 0) is 12.6 Å². The summed E-state index contributed by atoms with van der Waals surface area (Å²) in [6.07, 6.45) is -0.985. The second kappa shape index (κ2) is 7.14. The zero-order valence-electron chi connectivity index (χ0n) is 13.2. The first-order chi connectivity index (χ1) is 11.9. The lowest BCUT2D eigenvalue weighted by Crippen LogP contribution is -2.13. The highest BCUT2D eigenvalue weighted by Gasteiger charge is 2.33. The summed E-state index contributed by atoms with van der Waals surface area (Å²) in [7, 11) is 0. The molecule has 0 atom stereocenters. The highest BCUT2D eigenvalue weighted by Crippen LogP contribution is 2.30. The highest BCUT2D eigenvalue weighted by atomic mass is 32.1. The molecule has 9 heteroatoms. The van der Waals surface area contributed by atoms with Gasteiger partial charge in [0.15, 0.2) is 11.5 Å². The average Bonchev–Trinajstić information content (AvgIpc) is 3.00. The van der Waals surface area contributed by atoms with E-state index in [-0.39, 0.29) is 11.6 Å². The summed E-state index contributed by atoms with van der Waals surface area (Å²) in [5, 5.41) is 5.81. The van der Waals surface area contributed by atoms with Crippen LogP contribution in [0.1, 0.15) is 16.4 Å². The predicted octanol–water partition coefficient (Wildman–Crippen LogP) is 3.98. The lowest BCUT2D eigenvalue weighted by Gasteiger charge is -2.11. The van der Waals surface area contributed by atoms with Crippen LogP contribution in [0.15, 0.2) is 36.0 Å². The van der Waals surface area contributed by atoms with Crippen molar-refractivity contribution in [2.45, 2.75) is 19.5 Å². The number of aryl methyl sites for hydroxylation is 1. The van der Waals surface area contributed by atoms with Crippen molar-refractivity contribution in [2.75, 3.05) is 11.9 Å². The van der Waals surface area contributed by atoms with Gasteiger partial charge in [0.25, 0.3) is 0 Å². The first-order valence-electron chi connectivity index (χ1n) is 7.43. The van der Waals surface area contributed by atoms with Crippen molar-refractivity contribution in [1.82, 2.24) is 19.9 Å². The molecule has 0 aromatic carbocycles. The van der Waals surface area contributed by atoms with Crippen molar-refractivity contribution in [2.24, 2.45) is 0 Å². The van der Waals surface area contributed by atoms with Crippen LogP contribution < -0.4 is 5.32 Å². The summed E-state index contributed by atoms with van der Waals surface area (Å²) >= 11 is 1.54. The monoisotopic (exact) mass is 365 g/mol. The molecule has 0 radical (unpaired) electrons. The van der Waals surface area contributed by atoms with Gasteiger partial charge in [0.2, 0.25) is 0 Å². The fourth-order valence-electron chi connectivity index (χ4n) is 2.15. The van der Waals surface area contributed by atoms with Gasteiger partial charge in [-0.05, 0) is 19.1 Å². The lowest BCUT2D eigenvalue weighted by molar-refractivity contribution is -0.141. The van der Waals surface area contributed by atoms with Gasteiger partial charge in [0, 0.05) is 42.4 Å². The van der Waals surface area contributed by atoms with E-state index in [0.717, 1.165) is 16.8 Å². The Bertz CT molecular complexity index is 848. The molecule has 0 aliphatic heterocycles. The smallest absolute Gasteiger partial charge is 0.370 e. The van der Waals surface area contributed by atoms with Crippen LogP contribution in [0.5, 0.6) is 0 Å². The molecule has 3 heterocycles. The van der Waals surface area contributed by atoms with Gasteiger partial charge in [-0.1, -0.05) is 0 Å². The average molecular weight is 365 g/mol. The topological polar surface area (TPSA) is 63.6 Å². The predicted molar refractivity (Wildman–Crippen MR) is 89.3 cm³/mol. The molecule has 0 saturated heterocycles. The van der Waals surface area contributed by atoms with Gasteiger partial charge in [0.05, 0.1) is 10.7 Å². The van der Waals surface area contributed by atoms with Crippen molar-refractivity contribution in [3.05, 3.63) is 52.4 Å². The molecule has 25 heavy (non-hydrogen) atoms. The molecule has 0 bridgehead atoms. The Morgan fingerprint density at radius 3 is 2.52 bits per heavy atom. The maximum atomic E-state index is 13.1. The zero-order valence-corrected chi connectivity index (χ0v) is 14.0. The summed E-state index contributed by atoms with van der Waals surface area (Å²) in [5.74, 6) is 0.130. The standard InChI is InChI=1S/C16H14F3N5S/c1-10-22-12(9-25-10)4-7-21-14-8-13(16(17,18)19)23-15(24-14)11-2-5-20-6-3-11/h2-3,5-6,8-9H,4,7H2,1H3,(H,21,23,24). The van der Waals surface area contributed by atoms with E-state index in [1.54, 1.807) is 12.1 Å². The van der Waals surface area contributed by atoms with Crippen molar-refractivity contribution >= 4 is 17.2 Å². The second-order valence-corrected chi connectivity index (χ2v) is 6.29. The van der Waals surface area contributed by atoms with E-state index in [0.29, 0.717) is 18.5 Å². The van der Waals surface area contributed by atoms with Gasteiger partial charge in [-0.2, -0.15) is 13.2 Å². The van der Waals surface area contributed by atoms with Crippen molar-refractivity contribution in [3.63, 3.8) is 0 Å². The number of hydrogen-bond acceptors (Lipinski definition) is 6. The maximum Gasteiger partial charge on any atom is 0.433 e. The van der Waals surface area contributed by atoms with Gasteiger partial charge in [-0.3, -0.25) is 4.98 Å². The first-order valence-corrected chi connectivity index (χ1v) is 8.31. The van der Waals surface area contributed by atoms with Gasteiger partial charge >= 0.3 is 6.18 Å². The summed E-state index contributed by atoms with van der Waals surface area (Å²) in [6.45, 7) is 2.33. The van der Waals surface area contributed by atoms with Crippen LogP contribution in [0.3, 0.4) is 0 Å². The molecule has 0 spiro atoms. The Hall–Kier alpha value is -2.55. The van der Waals surface area contributed by atoms with E-state index in [1.807, 2.05) is 12.3 Å². The van der Waals surface area contributed by atoms with E-state index in [2.05, 4.69) is 25.3 Å². The number of nitrogens with one attached hydrogen (secondary N) is 1. The molecule has 3 aromatic rings. The Labute approximate surface area is 146 Å². The third-order valence-electron chi connectivity index (χ3n) is 3.31. The molecular formula is C16H14F3N5S. The second-order valence-electron chi connectivity index (χ2n) is 5.23. The van der Waals surface area contributed by atoms with Gasteiger partial charge in [0.1, 0.15) is 5.82 Å². The molecule has 5 nitrogen and oxygen atoms in total. The largest absolute Gasteiger partial charge is 0.433 e. The quantitative estimate of drug-likeness (QED) is 0.741. The molecule has 1 N–H and O–H groups in total. The number of nitrogens with zero attached hydrogens (tertiary/aromatic N) is 4. The lowest BCUT2D eigenvalue weighted by atomic mass is 10.2. The van der Waals surface area contributed by atoms with E-state index >= 15 is 0 Å². The van der Waals surface area contributed by atoms with E-state index in [1.165, 1.54) is 23.7 Å². The van der Waals surface area contributed by atoms with Gasteiger partial charge in [-0.15, -0.1) is 11.3 Å². The van der Waals surface area contributed by atoms with Gasteiger partial charge in [-0.25, -0.2) is 15.0 Å². The fourth-order valence-corrected chi connectivity index (χ4v) is 2.80. The molecule has 0 saturated carbocycles. The number of pyridine rings is 1. The number of halogens is 3. The molecule has 130 valence electrons. The molecule has 0 aliphatic carbocycles. The molecule has 0 unspecified atom stereocenters. The highest BCUT2D eigenvalue weighted by molar-refractivity contribution is 7.09. The Kier molecular flexibility index (Phi) is 4.93. The number of anilines is 1. The Morgan fingerprint density at radius 1 is 1.12 bits per heavy atom. The van der Waals surface area contributed by atoms with E-state index in [4.69, 9.17) is 0 Å². The van der Waals surface area contributed by atoms with Crippen LogP contribution in [0.4, 0.5) is 19.0 Å². The van der Waals surface area contributed by atoms with Crippen LogP contribution in [0.25, 0.3) is 11.4 Å². The van der Waals surface area contributed by atoms with Crippen LogP contribution in [0, 0.1) is 6.92 Å². The molecule has 0 fully saturated rings. The number of hydrogen-bond donors (Lipinski definition) is 1. The third-order valence-corrected chi connectivity index (χ3v) is 4.13. The first kappa shape index (κ1) is 17.3. The number of alkyl halides is 3. The molecule has 0 amide bonds.